The molecule has 0 aromatic heterocycles. The van der Waals surface area contributed by atoms with E-state index in [4.69, 9.17) is 10.5 Å². The largest absolute Gasteiger partial charge is 0.466 e. The van der Waals surface area contributed by atoms with E-state index in [1.807, 2.05) is 18.7 Å². The molecule has 5 heteroatoms. The maximum absolute atomic E-state index is 12.2. The van der Waals surface area contributed by atoms with E-state index in [-0.39, 0.29) is 17.8 Å². The molecule has 1 rings (SSSR count). The molecule has 5 nitrogen and oxygen atoms in total. The number of ether oxygens (including phenoxy) is 1. The van der Waals surface area contributed by atoms with Gasteiger partial charge >= 0.3 is 5.97 Å². The molecule has 104 valence electrons. The van der Waals surface area contributed by atoms with Crippen LogP contribution in [0.25, 0.3) is 0 Å². The third kappa shape index (κ3) is 3.45. The second-order valence-electron chi connectivity index (χ2n) is 5.41. The molecule has 1 saturated heterocycles. The second kappa shape index (κ2) is 6.18. The van der Waals surface area contributed by atoms with Gasteiger partial charge in [0.1, 0.15) is 0 Å². The summed E-state index contributed by atoms with van der Waals surface area (Å²) in [5.74, 6) is -0.120. The summed E-state index contributed by atoms with van der Waals surface area (Å²) in [7, 11) is 0. The van der Waals surface area contributed by atoms with E-state index in [1.165, 1.54) is 0 Å². The average Bonchev–Trinajstić information content (AvgIpc) is 2.38. The maximum atomic E-state index is 12.2. The van der Waals surface area contributed by atoms with E-state index in [2.05, 4.69) is 0 Å². The number of rotatable bonds is 4. The third-order valence-electron chi connectivity index (χ3n) is 3.49. The number of likely N-dealkylation sites (tertiary alicyclic amines) is 1. The third-order valence-corrected chi connectivity index (χ3v) is 3.49. The van der Waals surface area contributed by atoms with Crippen LogP contribution in [0.3, 0.4) is 0 Å². The topological polar surface area (TPSA) is 72.6 Å². The van der Waals surface area contributed by atoms with Gasteiger partial charge in [-0.2, -0.15) is 0 Å². The Balaban J connectivity index is 2.49. The molecule has 0 unspecified atom stereocenters. The molecule has 0 spiro atoms. The van der Waals surface area contributed by atoms with Crippen molar-refractivity contribution < 1.29 is 14.3 Å². The zero-order valence-corrected chi connectivity index (χ0v) is 11.6. The van der Waals surface area contributed by atoms with Gasteiger partial charge in [-0.05, 0) is 33.6 Å². The summed E-state index contributed by atoms with van der Waals surface area (Å²) < 4.78 is 5.00. The molecule has 0 bridgehead atoms. The van der Waals surface area contributed by atoms with Gasteiger partial charge in [-0.3, -0.25) is 9.59 Å². The summed E-state index contributed by atoms with van der Waals surface area (Å²) in [5.41, 5.74) is 5.09. The van der Waals surface area contributed by atoms with E-state index < -0.39 is 5.41 Å². The highest BCUT2D eigenvalue weighted by molar-refractivity contribution is 5.82. The molecule has 0 aliphatic carbocycles. The number of amides is 1. The van der Waals surface area contributed by atoms with Crippen LogP contribution in [0.15, 0.2) is 0 Å². The van der Waals surface area contributed by atoms with Crippen molar-refractivity contribution in [3.8, 4) is 0 Å². The van der Waals surface area contributed by atoms with E-state index in [0.717, 1.165) is 0 Å². The van der Waals surface area contributed by atoms with E-state index in [9.17, 15) is 9.59 Å². The number of esters is 1. The van der Waals surface area contributed by atoms with E-state index in [0.29, 0.717) is 39.1 Å². The molecule has 0 aromatic carbocycles. The standard InChI is InChI=1S/C13H24N2O3/c1-4-18-11(16)10-5-7-15(8-6-10)12(17)13(2,3)9-14/h10H,4-9,14H2,1-3H3. The lowest BCUT2D eigenvalue weighted by Gasteiger charge is -2.35. The first-order chi connectivity index (χ1) is 8.42. The van der Waals surface area contributed by atoms with Crippen molar-refractivity contribution in [1.29, 1.82) is 0 Å². The van der Waals surface area contributed by atoms with Crippen molar-refractivity contribution in [3.05, 3.63) is 0 Å². The van der Waals surface area contributed by atoms with E-state index in [1.54, 1.807) is 6.92 Å². The average molecular weight is 256 g/mol. The molecule has 0 atom stereocenters. The highest BCUT2D eigenvalue weighted by atomic mass is 16.5. The summed E-state index contributed by atoms with van der Waals surface area (Å²) in [6, 6.07) is 0. The lowest BCUT2D eigenvalue weighted by atomic mass is 9.89. The van der Waals surface area contributed by atoms with Gasteiger partial charge in [0.25, 0.3) is 0 Å². The SMILES string of the molecule is CCOC(=O)C1CCN(C(=O)C(C)(C)CN)CC1. The Hall–Kier alpha value is -1.10. The quantitative estimate of drug-likeness (QED) is 0.754. The number of nitrogens with two attached hydrogens (primary N) is 1. The van der Waals surface area contributed by atoms with Crippen LogP contribution in [0.2, 0.25) is 0 Å². The minimum Gasteiger partial charge on any atom is -0.466 e. The van der Waals surface area contributed by atoms with Crippen LogP contribution in [-0.2, 0) is 14.3 Å². The van der Waals surface area contributed by atoms with Gasteiger partial charge in [-0.1, -0.05) is 0 Å². The van der Waals surface area contributed by atoms with Crippen LogP contribution >= 0.6 is 0 Å². The van der Waals surface area contributed by atoms with Crippen molar-refractivity contribution in [2.45, 2.75) is 33.6 Å². The number of piperidine rings is 1. The highest BCUT2D eigenvalue weighted by Gasteiger charge is 2.34. The highest BCUT2D eigenvalue weighted by Crippen LogP contribution is 2.24. The van der Waals surface area contributed by atoms with E-state index >= 15 is 0 Å². The van der Waals surface area contributed by atoms with Gasteiger partial charge in [-0.15, -0.1) is 0 Å². The molecule has 1 aliphatic rings. The molecular formula is C13H24N2O3. The molecular weight excluding hydrogens is 232 g/mol. The monoisotopic (exact) mass is 256 g/mol. The summed E-state index contributed by atoms with van der Waals surface area (Å²) in [5, 5.41) is 0. The Morgan fingerprint density at radius 2 is 1.89 bits per heavy atom. The summed E-state index contributed by atoms with van der Waals surface area (Å²) in [6.45, 7) is 7.50. The zero-order chi connectivity index (χ0) is 13.8. The minimum atomic E-state index is -0.517. The summed E-state index contributed by atoms with van der Waals surface area (Å²) in [6.07, 6.45) is 1.37. The Kier molecular flexibility index (Phi) is 5.14. The molecule has 0 radical (unpaired) electrons. The maximum Gasteiger partial charge on any atom is 0.309 e. The molecule has 1 fully saturated rings. The Labute approximate surface area is 109 Å². The zero-order valence-electron chi connectivity index (χ0n) is 11.6. The first-order valence-electron chi connectivity index (χ1n) is 6.58. The normalized spacial score (nSPS) is 17.7. The Morgan fingerprint density at radius 1 is 1.33 bits per heavy atom. The number of nitrogens with zero attached hydrogens (tertiary/aromatic N) is 1. The molecule has 18 heavy (non-hydrogen) atoms. The predicted octanol–water partition coefficient (Wildman–Crippen LogP) is 0.773. The van der Waals surface area contributed by atoms with Gasteiger partial charge in [0.05, 0.1) is 17.9 Å². The second-order valence-corrected chi connectivity index (χ2v) is 5.41. The first-order valence-corrected chi connectivity index (χ1v) is 6.58. The van der Waals surface area contributed by atoms with Crippen LogP contribution in [0.4, 0.5) is 0 Å². The lowest BCUT2D eigenvalue weighted by Crippen LogP contribution is -2.48. The fourth-order valence-corrected chi connectivity index (χ4v) is 2.09. The van der Waals surface area contributed by atoms with Crippen LogP contribution in [0.5, 0.6) is 0 Å². The summed E-state index contributed by atoms with van der Waals surface area (Å²) in [4.78, 5) is 25.6. The van der Waals surface area contributed by atoms with Crippen molar-refractivity contribution in [2.24, 2.45) is 17.1 Å². The number of carbonyl (C=O) groups is 2. The van der Waals surface area contributed by atoms with Crippen molar-refractivity contribution in [3.63, 3.8) is 0 Å². The lowest BCUT2D eigenvalue weighted by molar-refractivity contribution is -0.152. The number of hydrogen-bond acceptors (Lipinski definition) is 4. The van der Waals surface area contributed by atoms with Crippen molar-refractivity contribution in [2.75, 3.05) is 26.2 Å². The molecule has 0 saturated carbocycles. The van der Waals surface area contributed by atoms with Crippen molar-refractivity contribution >= 4 is 11.9 Å². The summed E-state index contributed by atoms with van der Waals surface area (Å²) >= 11 is 0. The van der Waals surface area contributed by atoms with Gasteiger partial charge in [0.2, 0.25) is 5.91 Å². The van der Waals surface area contributed by atoms with Crippen LogP contribution in [0, 0.1) is 11.3 Å². The molecule has 2 N–H and O–H groups in total. The number of carbonyl (C=O) groups excluding carboxylic acids is 2. The Morgan fingerprint density at radius 3 is 2.33 bits per heavy atom. The first kappa shape index (κ1) is 15.0. The molecule has 1 amide bonds. The molecule has 0 aromatic rings. The fraction of sp³-hybridized carbons (Fsp3) is 0.846. The Bertz CT molecular complexity index is 307. The van der Waals surface area contributed by atoms with Gasteiger partial charge in [0.15, 0.2) is 0 Å². The predicted molar refractivity (Wildman–Crippen MR) is 68.8 cm³/mol. The number of hydrogen-bond donors (Lipinski definition) is 1. The van der Waals surface area contributed by atoms with Crippen molar-refractivity contribution in [1.82, 2.24) is 4.90 Å². The van der Waals surface area contributed by atoms with Gasteiger partial charge < -0.3 is 15.4 Å². The smallest absolute Gasteiger partial charge is 0.309 e. The van der Waals surface area contributed by atoms with Crippen LogP contribution in [-0.4, -0.2) is 43.0 Å². The minimum absolute atomic E-state index is 0.0602. The molecule has 1 heterocycles. The van der Waals surface area contributed by atoms with Gasteiger partial charge in [-0.25, -0.2) is 0 Å². The molecule has 1 aliphatic heterocycles. The van der Waals surface area contributed by atoms with Crippen LogP contribution in [0.1, 0.15) is 33.6 Å². The van der Waals surface area contributed by atoms with Gasteiger partial charge in [0, 0.05) is 19.6 Å². The fourth-order valence-electron chi connectivity index (χ4n) is 2.09. The van der Waals surface area contributed by atoms with Crippen LogP contribution < -0.4 is 5.73 Å².